The molecule has 166 valence electrons. The van der Waals surface area contributed by atoms with E-state index in [4.69, 9.17) is 0 Å². The van der Waals surface area contributed by atoms with Gasteiger partial charge in [-0.15, -0.1) is 0 Å². The van der Waals surface area contributed by atoms with Crippen molar-refractivity contribution in [1.82, 2.24) is 29.6 Å². The Morgan fingerprint density at radius 2 is 1.97 bits per heavy atom. The molecule has 4 aromatic rings. The van der Waals surface area contributed by atoms with Crippen LogP contribution in [0.3, 0.4) is 0 Å². The molecule has 0 aliphatic heterocycles. The van der Waals surface area contributed by atoms with E-state index in [9.17, 15) is 12.8 Å². The number of pyridine rings is 1. The van der Waals surface area contributed by atoms with Crippen LogP contribution in [0, 0.1) is 18.6 Å². The summed E-state index contributed by atoms with van der Waals surface area (Å²) in [7, 11) is -2.71. The average molecular weight is 459 g/mol. The molecule has 4 rings (SSSR count). The first-order valence-electron chi connectivity index (χ1n) is 9.68. The number of rotatable bonds is 8. The molecule has 0 amide bonds. The lowest BCUT2D eigenvalue weighted by Crippen LogP contribution is -2.13. The SMILES string of the molecule is Cc1nc2c(-c3cccnc3Nc3c(F)ccc(CCCN[SH](=O)=O)c3F)ncnc2[nH]1. The maximum absolute atomic E-state index is 15.1. The first-order chi connectivity index (χ1) is 15.4. The van der Waals surface area contributed by atoms with Crippen molar-refractivity contribution in [3.05, 3.63) is 59.8 Å². The first-order valence-corrected chi connectivity index (χ1v) is 10.9. The van der Waals surface area contributed by atoms with Gasteiger partial charge < -0.3 is 10.3 Å². The van der Waals surface area contributed by atoms with Crippen molar-refractivity contribution in [2.24, 2.45) is 0 Å². The molecule has 0 atom stereocenters. The third kappa shape index (κ3) is 4.55. The number of aromatic amines is 1. The average Bonchev–Trinajstić information content (AvgIpc) is 3.16. The lowest BCUT2D eigenvalue weighted by Gasteiger charge is -2.14. The minimum Gasteiger partial charge on any atom is -0.335 e. The number of fused-ring (bicyclic) bond motifs is 1. The number of aryl methyl sites for hydroxylation is 2. The number of anilines is 2. The molecule has 9 nitrogen and oxygen atoms in total. The number of halogens is 2. The molecule has 0 aliphatic carbocycles. The van der Waals surface area contributed by atoms with E-state index < -0.39 is 22.5 Å². The molecule has 0 bridgehead atoms. The van der Waals surface area contributed by atoms with Crippen LogP contribution < -0.4 is 10.0 Å². The number of nitrogens with one attached hydrogen (secondary N) is 3. The monoisotopic (exact) mass is 459 g/mol. The summed E-state index contributed by atoms with van der Waals surface area (Å²) in [6.07, 6.45) is 3.45. The third-order valence-electron chi connectivity index (χ3n) is 4.74. The summed E-state index contributed by atoms with van der Waals surface area (Å²) in [5, 5.41) is 2.76. The number of benzene rings is 1. The molecule has 0 spiro atoms. The minimum absolute atomic E-state index is 0.162. The van der Waals surface area contributed by atoms with Crippen molar-refractivity contribution in [1.29, 1.82) is 0 Å². The molecular formula is C20H19F2N7O2S. The van der Waals surface area contributed by atoms with Gasteiger partial charge in [0.15, 0.2) is 11.5 Å². The number of thiol groups is 1. The highest BCUT2D eigenvalue weighted by molar-refractivity contribution is 7.70. The van der Waals surface area contributed by atoms with Crippen LogP contribution in [0.4, 0.5) is 20.3 Å². The van der Waals surface area contributed by atoms with Gasteiger partial charge in [-0.3, -0.25) is 0 Å². The fourth-order valence-electron chi connectivity index (χ4n) is 3.31. The second-order valence-corrected chi connectivity index (χ2v) is 7.76. The molecule has 3 heterocycles. The van der Waals surface area contributed by atoms with E-state index in [0.29, 0.717) is 34.7 Å². The van der Waals surface area contributed by atoms with E-state index in [0.717, 1.165) is 6.07 Å². The molecule has 3 aromatic heterocycles. The number of imidazole rings is 1. The molecular weight excluding hydrogens is 440 g/mol. The van der Waals surface area contributed by atoms with Gasteiger partial charge in [0.05, 0.1) is 0 Å². The van der Waals surface area contributed by atoms with Crippen molar-refractivity contribution in [3.63, 3.8) is 0 Å². The summed E-state index contributed by atoms with van der Waals surface area (Å²) in [4.78, 5) is 20.1. The van der Waals surface area contributed by atoms with Crippen molar-refractivity contribution >= 4 is 33.6 Å². The summed E-state index contributed by atoms with van der Waals surface area (Å²) in [5.74, 6) is -0.697. The molecule has 0 saturated heterocycles. The van der Waals surface area contributed by atoms with Crippen LogP contribution in [0.25, 0.3) is 22.4 Å². The van der Waals surface area contributed by atoms with E-state index in [-0.39, 0.29) is 30.0 Å². The van der Waals surface area contributed by atoms with E-state index in [1.807, 2.05) is 0 Å². The Morgan fingerprint density at radius 3 is 2.78 bits per heavy atom. The second-order valence-electron chi connectivity index (χ2n) is 6.93. The molecule has 0 aliphatic rings. The van der Waals surface area contributed by atoms with E-state index >= 15 is 4.39 Å². The summed E-state index contributed by atoms with van der Waals surface area (Å²) in [5.41, 5.74) is 1.91. The van der Waals surface area contributed by atoms with Gasteiger partial charge in [-0.2, -0.15) is 0 Å². The quantitative estimate of drug-likeness (QED) is 0.236. The number of hydrogen-bond acceptors (Lipinski definition) is 7. The van der Waals surface area contributed by atoms with Crippen molar-refractivity contribution in [3.8, 4) is 11.3 Å². The van der Waals surface area contributed by atoms with Gasteiger partial charge in [0.25, 0.3) is 0 Å². The number of aromatic nitrogens is 5. The summed E-state index contributed by atoms with van der Waals surface area (Å²) in [6.45, 7) is 1.95. The zero-order valence-corrected chi connectivity index (χ0v) is 17.8. The normalized spacial score (nSPS) is 11.4. The standard InChI is InChI=1S/C20H19F2N7O2S/c1-11-27-18-16(24-10-25-20(18)28-11)13-5-3-8-23-19(13)29-17-14(21)7-6-12(15(17)22)4-2-9-26-32(30)31/h3,5-8,10,32H,2,4,9H2,1H3,(H,23,29)(H,26,30,31)(H,24,25,27,28). The van der Waals surface area contributed by atoms with Gasteiger partial charge in [0, 0.05) is 18.3 Å². The fraction of sp³-hybridized carbons (Fsp3) is 0.200. The fourth-order valence-corrected chi connectivity index (χ4v) is 3.65. The summed E-state index contributed by atoms with van der Waals surface area (Å²) < 4.78 is 53.0. The zero-order valence-electron chi connectivity index (χ0n) is 16.9. The summed E-state index contributed by atoms with van der Waals surface area (Å²) >= 11 is 0. The molecule has 3 N–H and O–H groups in total. The first kappa shape index (κ1) is 21.7. The predicted octanol–water partition coefficient (Wildman–Crippen LogP) is 2.79. The molecule has 12 heteroatoms. The second kappa shape index (κ2) is 9.32. The van der Waals surface area contributed by atoms with Gasteiger partial charge in [-0.05, 0) is 43.5 Å². The van der Waals surface area contributed by atoms with Crippen LogP contribution in [0.2, 0.25) is 0 Å². The minimum atomic E-state index is -2.71. The molecule has 32 heavy (non-hydrogen) atoms. The van der Waals surface area contributed by atoms with E-state index in [1.54, 1.807) is 19.1 Å². The van der Waals surface area contributed by atoms with Crippen molar-refractivity contribution in [2.75, 3.05) is 11.9 Å². The van der Waals surface area contributed by atoms with Gasteiger partial charge in [0.2, 0.25) is 10.9 Å². The maximum atomic E-state index is 15.1. The Hall–Kier alpha value is -3.51. The third-order valence-corrected chi connectivity index (χ3v) is 5.22. The van der Waals surface area contributed by atoms with Crippen LogP contribution in [-0.4, -0.2) is 39.9 Å². The smallest absolute Gasteiger partial charge is 0.201 e. The van der Waals surface area contributed by atoms with E-state index in [2.05, 4.69) is 35.0 Å². The highest BCUT2D eigenvalue weighted by atomic mass is 32.2. The molecule has 1 aromatic carbocycles. The van der Waals surface area contributed by atoms with Gasteiger partial charge in [0.1, 0.15) is 40.7 Å². The largest absolute Gasteiger partial charge is 0.335 e. The van der Waals surface area contributed by atoms with Gasteiger partial charge >= 0.3 is 0 Å². The number of H-pyrrole nitrogens is 1. The van der Waals surface area contributed by atoms with E-state index in [1.165, 1.54) is 18.6 Å². The van der Waals surface area contributed by atoms with Crippen LogP contribution in [0.15, 0.2) is 36.8 Å². The maximum Gasteiger partial charge on any atom is 0.201 e. The number of hydrogen-bond donors (Lipinski definition) is 4. The summed E-state index contributed by atoms with van der Waals surface area (Å²) in [6, 6.07) is 5.90. The highest BCUT2D eigenvalue weighted by Crippen LogP contribution is 2.33. The predicted molar refractivity (Wildman–Crippen MR) is 116 cm³/mol. The van der Waals surface area contributed by atoms with Crippen LogP contribution in [-0.2, 0) is 17.3 Å². The molecule has 0 unspecified atom stereocenters. The topological polar surface area (TPSA) is 126 Å². The van der Waals surface area contributed by atoms with Crippen LogP contribution in [0.5, 0.6) is 0 Å². The molecule has 0 saturated carbocycles. The molecule has 0 radical (unpaired) electrons. The lowest BCUT2D eigenvalue weighted by molar-refractivity contribution is 0.574. The van der Waals surface area contributed by atoms with Crippen LogP contribution in [0.1, 0.15) is 17.8 Å². The Bertz CT molecular complexity index is 1350. The lowest BCUT2D eigenvalue weighted by atomic mass is 10.1. The Labute approximate surface area is 183 Å². The van der Waals surface area contributed by atoms with Crippen LogP contribution >= 0.6 is 0 Å². The molecule has 0 fully saturated rings. The van der Waals surface area contributed by atoms with Crippen molar-refractivity contribution in [2.45, 2.75) is 19.8 Å². The Kier molecular flexibility index (Phi) is 6.32. The Balaban J connectivity index is 1.68. The van der Waals surface area contributed by atoms with Gasteiger partial charge in [-0.1, -0.05) is 6.07 Å². The Morgan fingerprint density at radius 1 is 1.12 bits per heavy atom. The zero-order chi connectivity index (χ0) is 22.7. The number of nitrogens with zero attached hydrogens (tertiary/aromatic N) is 4. The van der Waals surface area contributed by atoms with Crippen molar-refractivity contribution < 1.29 is 17.2 Å². The van der Waals surface area contributed by atoms with Gasteiger partial charge in [-0.25, -0.2) is 41.9 Å². The highest BCUT2D eigenvalue weighted by Gasteiger charge is 2.19.